The molecule has 0 radical (unpaired) electrons. The number of ketones is 1. The van der Waals surface area contributed by atoms with E-state index in [0.717, 1.165) is 24.9 Å². The van der Waals surface area contributed by atoms with Crippen molar-refractivity contribution in [1.29, 1.82) is 0 Å². The number of carboxylic acid groups (broad SMARTS) is 1. The summed E-state index contributed by atoms with van der Waals surface area (Å²) in [6.45, 7) is 2.50. The van der Waals surface area contributed by atoms with Gasteiger partial charge in [0.25, 0.3) is 0 Å². The van der Waals surface area contributed by atoms with Gasteiger partial charge in [-0.1, -0.05) is 19.4 Å². The van der Waals surface area contributed by atoms with Crippen LogP contribution in [0.25, 0.3) is 0 Å². The molecule has 26 heavy (non-hydrogen) atoms. The number of aliphatic carboxylic acids is 1. The van der Waals surface area contributed by atoms with Gasteiger partial charge in [-0.2, -0.15) is 0 Å². The van der Waals surface area contributed by atoms with E-state index in [1.54, 1.807) is 18.3 Å². The van der Waals surface area contributed by atoms with Crippen molar-refractivity contribution in [3.8, 4) is 0 Å². The number of nitrogens with one attached hydrogen (secondary N) is 1. The number of carboxylic acids is 1. The lowest BCUT2D eigenvalue weighted by Gasteiger charge is -2.34. The monoisotopic (exact) mass is 356 g/mol. The van der Waals surface area contributed by atoms with Crippen LogP contribution < -0.4 is 9.80 Å². The maximum absolute atomic E-state index is 12.6. The number of Topliss-reactive ketones (excluding diaryl/α,β-unsaturated/α-hetero) is 1. The summed E-state index contributed by atoms with van der Waals surface area (Å²) in [4.78, 5) is 39.5. The van der Waals surface area contributed by atoms with Crippen LogP contribution in [-0.4, -0.2) is 42.6 Å². The summed E-state index contributed by atoms with van der Waals surface area (Å²) in [6, 6.07) is 5.37. The number of carbonyl (C=O) groups excluding carboxylic acids is 2. The lowest BCUT2D eigenvalue weighted by atomic mass is 9.92. The Kier molecular flexibility index (Phi) is 4.99. The Hall–Kier alpha value is -2.80. The second-order valence-electron chi connectivity index (χ2n) is 6.62. The van der Waals surface area contributed by atoms with Gasteiger partial charge in [0.1, 0.15) is 17.3 Å². The highest BCUT2D eigenvalue weighted by molar-refractivity contribution is 6.32. The molecule has 1 amide bonds. The zero-order valence-electron chi connectivity index (χ0n) is 14.6. The first-order chi connectivity index (χ1) is 12.5. The summed E-state index contributed by atoms with van der Waals surface area (Å²) in [5, 5.41) is 12.3. The largest absolute Gasteiger partial charge is 0.477 e. The van der Waals surface area contributed by atoms with E-state index >= 15 is 0 Å². The van der Waals surface area contributed by atoms with Gasteiger partial charge >= 0.3 is 5.97 Å². The first-order valence-corrected chi connectivity index (χ1v) is 8.75. The van der Waals surface area contributed by atoms with Gasteiger partial charge in [0, 0.05) is 6.07 Å². The van der Waals surface area contributed by atoms with Crippen LogP contribution in [0.15, 0.2) is 35.1 Å². The van der Waals surface area contributed by atoms with E-state index in [4.69, 9.17) is 0 Å². The average Bonchev–Trinajstić information content (AvgIpc) is 2.88. The SMILES string of the molecule is CCCCC[N+]1(CC(=O)O)C2=CN=CC(=O)C2c2c(NC=O)cccc21. The Morgan fingerprint density at radius 3 is 2.88 bits per heavy atom. The summed E-state index contributed by atoms with van der Waals surface area (Å²) < 4.78 is 0.0762. The van der Waals surface area contributed by atoms with Crippen molar-refractivity contribution in [2.75, 3.05) is 18.4 Å². The topological polar surface area (TPSA) is 95.8 Å². The van der Waals surface area contributed by atoms with Gasteiger partial charge in [0.15, 0.2) is 12.3 Å². The number of anilines is 1. The molecular weight excluding hydrogens is 334 g/mol. The molecule has 0 spiro atoms. The number of unbranched alkanes of at least 4 members (excludes halogenated alkanes) is 2. The highest BCUT2D eigenvalue weighted by Crippen LogP contribution is 2.53. The molecule has 2 unspecified atom stereocenters. The second kappa shape index (κ2) is 7.21. The van der Waals surface area contributed by atoms with Crippen molar-refractivity contribution < 1.29 is 19.5 Å². The number of fused-ring (bicyclic) bond motifs is 3. The van der Waals surface area contributed by atoms with Gasteiger partial charge in [0.2, 0.25) is 6.41 Å². The zero-order chi connectivity index (χ0) is 18.7. The average molecular weight is 356 g/mol. The van der Waals surface area contributed by atoms with Gasteiger partial charge in [-0.25, -0.2) is 4.79 Å². The van der Waals surface area contributed by atoms with E-state index in [1.807, 2.05) is 6.07 Å². The van der Waals surface area contributed by atoms with Crippen LogP contribution in [0.3, 0.4) is 0 Å². The van der Waals surface area contributed by atoms with E-state index in [9.17, 15) is 19.5 Å². The van der Waals surface area contributed by atoms with Crippen molar-refractivity contribution in [3.63, 3.8) is 0 Å². The number of carbonyl (C=O) groups is 3. The lowest BCUT2D eigenvalue weighted by molar-refractivity contribution is -0.137. The first-order valence-electron chi connectivity index (χ1n) is 8.75. The molecule has 2 heterocycles. The number of hydrogen-bond acceptors (Lipinski definition) is 4. The first kappa shape index (κ1) is 18.0. The van der Waals surface area contributed by atoms with Gasteiger partial charge in [-0.05, 0) is 18.9 Å². The molecular formula is C19H22N3O4+. The van der Waals surface area contributed by atoms with Crippen molar-refractivity contribution in [1.82, 2.24) is 4.48 Å². The molecule has 0 saturated carbocycles. The van der Waals surface area contributed by atoms with Crippen molar-refractivity contribution in [2.24, 2.45) is 4.99 Å². The Balaban J connectivity index is 2.22. The maximum atomic E-state index is 12.6. The Morgan fingerprint density at radius 2 is 2.19 bits per heavy atom. The highest BCUT2D eigenvalue weighted by atomic mass is 16.4. The van der Waals surface area contributed by atoms with Gasteiger partial charge in [-0.3, -0.25) is 19.1 Å². The number of allylic oxidation sites excluding steroid dienone is 1. The van der Waals surface area contributed by atoms with Crippen LogP contribution in [0.4, 0.5) is 11.4 Å². The van der Waals surface area contributed by atoms with Crippen molar-refractivity contribution in [3.05, 3.63) is 35.7 Å². The minimum atomic E-state index is -0.940. The van der Waals surface area contributed by atoms with Crippen molar-refractivity contribution >= 4 is 35.8 Å². The van der Waals surface area contributed by atoms with E-state index in [2.05, 4.69) is 17.2 Å². The minimum Gasteiger partial charge on any atom is -0.477 e. The molecule has 7 heteroatoms. The fraction of sp³-hybridized carbons (Fsp3) is 0.368. The van der Waals surface area contributed by atoms with Crippen molar-refractivity contribution in [2.45, 2.75) is 32.1 Å². The fourth-order valence-corrected chi connectivity index (χ4v) is 4.06. The number of amides is 1. The third-order valence-corrected chi connectivity index (χ3v) is 5.08. The molecule has 2 aliphatic heterocycles. The van der Waals surface area contributed by atoms with Gasteiger partial charge in [0.05, 0.1) is 30.2 Å². The molecule has 1 aromatic rings. The van der Waals surface area contributed by atoms with Crippen LogP contribution in [0, 0.1) is 0 Å². The minimum absolute atomic E-state index is 0.0762. The van der Waals surface area contributed by atoms with Gasteiger partial charge in [-0.15, -0.1) is 0 Å². The van der Waals surface area contributed by atoms with E-state index in [-0.39, 0.29) is 16.8 Å². The summed E-state index contributed by atoms with van der Waals surface area (Å²) in [5.41, 5.74) is 2.65. The normalized spacial score (nSPS) is 23.2. The van der Waals surface area contributed by atoms with Crippen LogP contribution in [0.5, 0.6) is 0 Å². The van der Waals surface area contributed by atoms with Crippen LogP contribution in [0.1, 0.15) is 37.7 Å². The molecule has 0 bridgehead atoms. The maximum Gasteiger partial charge on any atom is 0.360 e. The Labute approximate surface area is 151 Å². The second-order valence-corrected chi connectivity index (χ2v) is 6.62. The fourth-order valence-electron chi connectivity index (χ4n) is 4.06. The van der Waals surface area contributed by atoms with Crippen LogP contribution >= 0.6 is 0 Å². The molecule has 0 aliphatic carbocycles. The predicted octanol–water partition coefficient (Wildman–Crippen LogP) is 2.43. The molecule has 7 nitrogen and oxygen atoms in total. The lowest BCUT2D eigenvalue weighted by Crippen LogP contribution is -2.51. The Bertz CT molecular complexity index is 815. The molecule has 136 valence electrons. The molecule has 2 atom stereocenters. The summed E-state index contributed by atoms with van der Waals surface area (Å²) in [5.74, 6) is -1.73. The molecule has 3 rings (SSSR count). The standard InChI is InChI=1S/C19H21N3O4/c1-2-3-4-8-22(11-17(25)26)14-7-5-6-13(21-12-23)18(14)19-15(22)9-20-10-16(19)24/h5-7,9-10,12,19H,2-4,8,11H2,1H3,(H-,21,23,25,26)/p+1. The molecule has 0 aromatic heterocycles. The van der Waals surface area contributed by atoms with E-state index in [1.165, 1.54) is 6.21 Å². The predicted molar refractivity (Wildman–Crippen MR) is 99.1 cm³/mol. The van der Waals surface area contributed by atoms with E-state index < -0.39 is 11.9 Å². The zero-order valence-corrected chi connectivity index (χ0v) is 14.6. The molecule has 2 aliphatic rings. The number of rotatable bonds is 8. The summed E-state index contributed by atoms with van der Waals surface area (Å²) in [6.07, 6.45) is 6.26. The van der Waals surface area contributed by atoms with E-state index in [0.29, 0.717) is 29.9 Å². The number of benzene rings is 1. The highest BCUT2D eigenvalue weighted by Gasteiger charge is 2.54. The number of quaternary nitrogens is 1. The van der Waals surface area contributed by atoms with Crippen LogP contribution in [-0.2, 0) is 14.4 Å². The van der Waals surface area contributed by atoms with Crippen LogP contribution in [0.2, 0.25) is 0 Å². The molecule has 0 saturated heterocycles. The number of hydrogen-bond donors (Lipinski definition) is 2. The third kappa shape index (κ3) is 2.84. The molecule has 1 aromatic carbocycles. The van der Waals surface area contributed by atoms with Gasteiger partial charge < -0.3 is 10.4 Å². The summed E-state index contributed by atoms with van der Waals surface area (Å²) in [7, 11) is 0. The molecule has 0 fully saturated rings. The number of aliphatic imine (C=N–C) groups is 1. The third-order valence-electron chi connectivity index (χ3n) is 5.08. The molecule has 2 N–H and O–H groups in total. The Morgan fingerprint density at radius 1 is 1.38 bits per heavy atom. The quantitative estimate of drug-likeness (QED) is 0.425. The smallest absolute Gasteiger partial charge is 0.360 e. The number of nitrogens with zero attached hydrogens (tertiary/aromatic N) is 2. The summed E-state index contributed by atoms with van der Waals surface area (Å²) >= 11 is 0.